The second kappa shape index (κ2) is 8.51. The Morgan fingerprint density at radius 2 is 1.67 bits per heavy atom. The molecule has 3 aromatic carbocycles. The number of anilines is 1. The molecule has 0 saturated carbocycles. The number of fused-ring (bicyclic) bond motifs is 1. The maximum Gasteiger partial charge on any atom is 0.279 e. The number of benzene rings is 3. The lowest BCUT2D eigenvalue weighted by Crippen LogP contribution is -2.48. The molecule has 5 nitrogen and oxygen atoms in total. The lowest BCUT2D eigenvalue weighted by atomic mass is 10.1. The molecular formula is C21H21N3O2S. The highest BCUT2D eigenvalue weighted by Crippen LogP contribution is 2.21. The molecule has 6 heteroatoms. The summed E-state index contributed by atoms with van der Waals surface area (Å²) in [5, 5.41) is 5.52. The Labute approximate surface area is 163 Å². The van der Waals surface area contributed by atoms with Crippen LogP contribution in [0.15, 0.2) is 66.7 Å². The smallest absolute Gasteiger partial charge is 0.279 e. The van der Waals surface area contributed by atoms with Gasteiger partial charge in [-0.05, 0) is 60.6 Å². The molecule has 0 unspecified atom stereocenters. The Hall–Kier alpha value is -3.12. The van der Waals surface area contributed by atoms with Gasteiger partial charge in [0.1, 0.15) is 5.75 Å². The first-order valence-corrected chi connectivity index (χ1v) is 9.02. The number of hydrazine groups is 1. The van der Waals surface area contributed by atoms with Crippen molar-refractivity contribution in [3.8, 4) is 5.75 Å². The number of ether oxygens (including phenoxy) is 1. The van der Waals surface area contributed by atoms with Crippen molar-refractivity contribution < 1.29 is 9.53 Å². The Morgan fingerprint density at radius 3 is 2.44 bits per heavy atom. The van der Waals surface area contributed by atoms with Crippen LogP contribution in [-0.4, -0.2) is 17.1 Å². The molecule has 3 rings (SSSR count). The first-order chi connectivity index (χ1) is 13.0. The first-order valence-electron chi connectivity index (χ1n) is 8.61. The van der Waals surface area contributed by atoms with E-state index in [0.29, 0.717) is 10.9 Å². The van der Waals surface area contributed by atoms with Gasteiger partial charge in [-0.25, -0.2) is 0 Å². The van der Waals surface area contributed by atoms with Crippen LogP contribution in [0.3, 0.4) is 0 Å². The van der Waals surface area contributed by atoms with Gasteiger partial charge < -0.3 is 10.1 Å². The average Bonchev–Trinajstić information content (AvgIpc) is 2.67. The number of amides is 1. The van der Waals surface area contributed by atoms with E-state index in [4.69, 9.17) is 17.0 Å². The van der Waals surface area contributed by atoms with Crippen LogP contribution in [0.1, 0.15) is 12.5 Å². The van der Waals surface area contributed by atoms with E-state index in [9.17, 15) is 4.79 Å². The van der Waals surface area contributed by atoms with E-state index < -0.39 is 6.10 Å². The van der Waals surface area contributed by atoms with Crippen LogP contribution in [0, 0.1) is 6.92 Å². The normalized spacial score (nSPS) is 11.5. The maximum absolute atomic E-state index is 12.2. The number of para-hydroxylation sites is 1. The third-order valence-electron chi connectivity index (χ3n) is 4.10. The topological polar surface area (TPSA) is 62.4 Å². The summed E-state index contributed by atoms with van der Waals surface area (Å²) >= 11 is 5.21. The zero-order valence-electron chi connectivity index (χ0n) is 15.2. The molecule has 0 spiro atoms. The van der Waals surface area contributed by atoms with E-state index >= 15 is 0 Å². The molecule has 3 N–H and O–H groups in total. The molecule has 138 valence electrons. The van der Waals surface area contributed by atoms with Gasteiger partial charge >= 0.3 is 0 Å². The number of hydrogen-bond donors (Lipinski definition) is 3. The highest BCUT2D eigenvalue weighted by atomic mass is 32.1. The van der Waals surface area contributed by atoms with E-state index in [1.807, 2.05) is 73.7 Å². The minimum absolute atomic E-state index is 0.301. The van der Waals surface area contributed by atoms with E-state index in [0.717, 1.165) is 22.0 Å². The number of thiocarbonyl (C=S) groups is 1. The van der Waals surface area contributed by atoms with Crippen molar-refractivity contribution in [1.82, 2.24) is 10.9 Å². The summed E-state index contributed by atoms with van der Waals surface area (Å²) in [5.74, 6) is 0.314. The zero-order valence-corrected chi connectivity index (χ0v) is 16.0. The first kappa shape index (κ1) is 18.7. The minimum Gasteiger partial charge on any atom is -0.481 e. The fourth-order valence-electron chi connectivity index (χ4n) is 2.59. The van der Waals surface area contributed by atoms with Gasteiger partial charge in [0, 0.05) is 5.69 Å². The Balaban J connectivity index is 1.52. The molecule has 0 aliphatic rings. The fraction of sp³-hybridized carbons (Fsp3) is 0.143. The second-order valence-electron chi connectivity index (χ2n) is 6.15. The number of rotatable bonds is 4. The minimum atomic E-state index is -0.681. The molecule has 1 amide bonds. The second-order valence-corrected chi connectivity index (χ2v) is 6.56. The van der Waals surface area contributed by atoms with Crippen LogP contribution in [0.25, 0.3) is 10.8 Å². The number of hydrogen-bond acceptors (Lipinski definition) is 3. The van der Waals surface area contributed by atoms with Crippen molar-refractivity contribution >= 4 is 39.7 Å². The van der Waals surface area contributed by atoms with Crippen molar-refractivity contribution in [3.63, 3.8) is 0 Å². The van der Waals surface area contributed by atoms with E-state index in [1.165, 1.54) is 0 Å². The molecule has 0 bridgehead atoms. The molecule has 0 radical (unpaired) electrons. The van der Waals surface area contributed by atoms with Crippen molar-refractivity contribution in [2.45, 2.75) is 20.0 Å². The van der Waals surface area contributed by atoms with Crippen LogP contribution in [0.4, 0.5) is 5.69 Å². The summed E-state index contributed by atoms with van der Waals surface area (Å²) in [6.07, 6.45) is -0.681. The quantitative estimate of drug-likeness (QED) is 0.474. The highest BCUT2D eigenvalue weighted by molar-refractivity contribution is 7.80. The zero-order chi connectivity index (χ0) is 19.2. The molecular weight excluding hydrogens is 358 g/mol. The number of carbonyl (C=O) groups is 1. The highest BCUT2D eigenvalue weighted by Gasteiger charge is 2.15. The largest absolute Gasteiger partial charge is 0.481 e. The van der Waals surface area contributed by atoms with Gasteiger partial charge in [-0.3, -0.25) is 15.6 Å². The Morgan fingerprint density at radius 1 is 0.963 bits per heavy atom. The lowest BCUT2D eigenvalue weighted by Gasteiger charge is -2.17. The van der Waals surface area contributed by atoms with Gasteiger partial charge in [0.05, 0.1) is 0 Å². The van der Waals surface area contributed by atoms with Crippen molar-refractivity contribution in [3.05, 3.63) is 72.3 Å². The van der Waals surface area contributed by atoms with Gasteiger partial charge in [-0.2, -0.15) is 0 Å². The molecule has 0 aliphatic heterocycles. The number of aryl methyl sites for hydroxylation is 1. The fourth-order valence-corrected chi connectivity index (χ4v) is 2.75. The Kier molecular flexibility index (Phi) is 5.88. The van der Waals surface area contributed by atoms with Crippen molar-refractivity contribution in [1.29, 1.82) is 0 Å². The van der Waals surface area contributed by atoms with Crippen LogP contribution in [0.5, 0.6) is 5.75 Å². The number of nitrogens with one attached hydrogen (secondary N) is 3. The van der Waals surface area contributed by atoms with Crippen LogP contribution >= 0.6 is 12.2 Å². The Bertz CT molecular complexity index is 974. The maximum atomic E-state index is 12.2. The summed E-state index contributed by atoms with van der Waals surface area (Å²) in [6.45, 7) is 3.66. The molecule has 3 aromatic rings. The molecule has 1 atom stereocenters. The predicted molar refractivity (Wildman–Crippen MR) is 113 cm³/mol. The summed E-state index contributed by atoms with van der Waals surface area (Å²) in [4.78, 5) is 12.2. The molecule has 0 heterocycles. The third-order valence-corrected chi connectivity index (χ3v) is 4.30. The third kappa shape index (κ3) is 4.95. The summed E-state index contributed by atoms with van der Waals surface area (Å²) in [5.41, 5.74) is 7.19. The molecule has 0 aliphatic carbocycles. The average molecular weight is 379 g/mol. The van der Waals surface area contributed by atoms with Gasteiger partial charge in [0.15, 0.2) is 11.2 Å². The predicted octanol–water partition coefficient (Wildman–Crippen LogP) is 3.93. The lowest BCUT2D eigenvalue weighted by molar-refractivity contribution is -0.127. The monoisotopic (exact) mass is 379 g/mol. The van der Waals surface area contributed by atoms with Crippen LogP contribution < -0.4 is 20.9 Å². The molecule has 27 heavy (non-hydrogen) atoms. The van der Waals surface area contributed by atoms with Gasteiger partial charge in [-0.1, -0.05) is 48.5 Å². The van der Waals surface area contributed by atoms with Crippen molar-refractivity contribution in [2.75, 3.05) is 5.32 Å². The standard InChI is InChI=1S/C21H21N3O2S/c1-14-7-3-6-10-19(14)22-21(27)24-23-20(25)15(2)26-18-12-11-16-8-4-5-9-17(16)13-18/h3-13,15H,1-2H3,(H,23,25)(H2,22,24,27)/t15-/m0/s1. The molecule has 0 fully saturated rings. The summed E-state index contributed by atoms with van der Waals surface area (Å²) in [7, 11) is 0. The van der Waals surface area contributed by atoms with E-state index in [-0.39, 0.29) is 5.91 Å². The summed E-state index contributed by atoms with van der Waals surface area (Å²) in [6, 6.07) is 21.5. The summed E-state index contributed by atoms with van der Waals surface area (Å²) < 4.78 is 5.74. The SMILES string of the molecule is Cc1ccccc1NC(=S)NNC(=O)[C@H](C)Oc1ccc2ccccc2c1. The van der Waals surface area contributed by atoms with Crippen molar-refractivity contribution in [2.24, 2.45) is 0 Å². The molecule has 0 saturated heterocycles. The number of carbonyl (C=O) groups excluding carboxylic acids is 1. The van der Waals surface area contributed by atoms with Gasteiger partial charge in [0.25, 0.3) is 5.91 Å². The van der Waals surface area contributed by atoms with E-state index in [2.05, 4.69) is 16.2 Å². The van der Waals surface area contributed by atoms with Gasteiger partial charge in [0.2, 0.25) is 0 Å². The molecule has 0 aromatic heterocycles. The van der Waals surface area contributed by atoms with E-state index in [1.54, 1.807) is 6.92 Å². The van der Waals surface area contributed by atoms with Crippen LogP contribution in [0.2, 0.25) is 0 Å². The van der Waals surface area contributed by atoms with Crippen LogP contribution in [-0.2, 0) is 4.79 Å². The van der Waals surface area contributed by atoms with Gasteiger partial charge in [-0.15, -0.1) is 0 Å².